The Hall–Kier alpha value is -1.83. The second-order valence-electron chi connectivity index (χ2n) is 3.97. The zero-order valence-corrected chi connectivity index (χ0v) is 9.70. The summed E-state index contributed by atoms with van der Waals surface area (Å²) in [6.45, 7) is 5.36. The number of nitrogens with one attached hydrogen (secondary N) is 1. The van der Waals surface area contributed by atoms with Crippen molar-refractivity contribution in [2.75, 3.05) is 0 Å². The van der Waals surface area contributed by atoms with E-state index in [1.807, 2.05) is 6.92 Å². The maximum atomic E-state index is 11.7. The van der Waals surface area contributed by atoms with Gasteiger partial charge in [-0.05, 0) is 20.3 Å². The first-order valence-corrected chi connectivity index (χ1v) is 5.18. The SMILES string of the molecule is CCCC(C)(C#N)NC(=O)c1cc(C)on1. The molecule has 1 atom stereocenters. The summed E-state index contributed by atoms with van der Waals surface area (Å²) in [5.41, 5.74) is -0.645. The Kier molecular flexibility index (Phi) is 3.67. The molecule has 86 valence electrons. The lowest BCUT2D eigenvalue weighted by atomic mass is 9.98. The number of hydrogen-bond acceptors (Lipinski definition) is 4. The zero-order valence-electron chi connectivity index (χ0n) is 9.70. The van der Waals surface area contributed by atoms with Crippen LogP contribution in [-0.2, 0) is 0 Å². The van der Waals surface area contributed by atoms with Crippen molar-refractivity contribution < 1.29 is 9.32 Å². The second-order valence-corrected chi connectivity index (χ2v) is 3.97. The molecule has 0 radical (unpaired) electrons. The topological polar surface area (TPSA) is 78.9 Å². The van der Waals surface area contributed by atoms with E-state index in [0.29, 0.717) is 12.2 Å². The van der Waals surface area contributed by atoms with Gasteiger partial charge in [-0.25, -0.2) is 0 Å². The summed E-state index contributed by atoms with van der Waals surface area (Å²) in [6, 6.07) is 3.64. The molecule has 1 heterocycles. The van der Waals surface area contributed by atoms with Crippen LogP contribution in [0.5, 0.6) is 0 Å². The van der Waals surface area contributed by atoms with E-state index < -0.39 is 5.54 Å². The summed E-state index contributed by atoms with van der Waals surface area (Å²) in [6.07, 6.45) is 1.42. The van der Waals surface area contributed by atoms with Crippen molar-refractivity contribution >= 4 is 5.91 Å². The Bertz CT molecular complexity index is 419. The Labute approximate surface area is 94.4 Å². The zero-order chi connectivity index (χ0) is 12.2. The summed E-state index contributed by atoms with van der Waals surface area (Å²) in [5, 5.41) is 15.3. The van der Waals surface area contributed by atoms with Crippen molar-refractivity contribution in [3.05, 3.63) is 17.5 Å². The van der Waals surface area contributed by atoms with Gasteiger partial charge in [0.2, 0.25) is 0 Å². The quantitative estimate of drug-likeness (QED) is 0.840. The average Bonchev–Trinajstić information content (AvgIpc) is 2.65. The van der Waals surface area contributed by atoms with Crippen LogP contribution in [0.1, 0.15) is 42.9 Å². The smallest absolute Gasteiger partial charge is 0.274 e. The van der Waals surface area contributed by atoms with Crippen molar-refractivity contribution in [1.82, 2.24) is 10.5 Å². The van der Waals surface area contributed by atoms with E-state index in [4.69, 9.17) is 9.78 Å². The minimum absolute atomic E-state index is 0.204. The predicted molar refractivity (Wildman–Crippen MR) is 57.6 cm³/mol. The van der Waals surface area contributed by atoms with E-state index in [0.717, 1.165) is 6.42 Å². The van der Waals surface area contributed by atoms with Gasteiger partial charge in [0, 0.05) is 6.07 Å². The van der Waals surface area contributed by atoms with Gasteiger partial charge in [0.05, 0.1) is 6.07 Å². The lowest BCUT2D eigenvalue weighted by Crippen LogP contribution is -2.44. The minimum atomic E-state index is -0.849. The van der Waals surface area contributed by atoms with Crippen LogP contribution in [0.4, 0.5) is 0 Å². The van der Waals surface area contributed by atoms with Gasteiger partial charge in [-0.1, -0.05) is 18.5 Å². The second kappa shape index (κ2) is 4.79. The summed E-state index contributed by atoms with van der Waals surface area (Å²) in [5.74, 6) is 0.189. The first-order valence-electron chi connectivity index (χ1n) is 5.18. The highest BCUT2D eigenvalue weighted by atomic mass is 16.5. The van der Waals surface area contributed by atoms with Crippen molar-refractivity contribution in [2.24, 2.45) is 0 Å². The van der Waals surface area contributed by atoms with Crippen LogP contribution < -0.4 is 5.32 Å². The average molecular weight is 221 g/mol. The van der Waals surface area contributed by atoms with Crippen molar-refractivity contribution in [3.63, 3.8) is 0 Å². The van der Waals surface area contributed by atoms with Crippen molar-refractivity contribution in [2.45, 2.75) is 39.2 Å². The van der Waals surface area contributed by atoms with Crippen molar-refractivity contribution in [3.8, 4) is 6.07 Å². The van der Waals surface area contributed by atoms with Gasteiger partial charge in [0.15, 0.2) is 5.69 Å². The molecule has 0 aliphatic rings. The number of hydrogen-bond donors (Lipinski definition) is 1. The van der Waals surface area contributed by atoms with Gasteiger partial charge in [-0.2, -0.15) is 5.26 Å². The highest BCUT2D eigenvalue weighted by Crippen LogP contribution is 2.12. The molecule has 0 aliphatic carbocycles. The molecule has 16 heavy (non-hydrogen) atoms. The van der Waals surface area contributed by atoms with Gasteiger partial charge >= 0.3 is 0 Å². The molecule has 1 aromatic rings. The van der Waals surface area contributed by atoms with Gasteiger partial charge in [-0.3, -0.25) is 4.79 Å². The third-order valence-electron chi connectivity index (χ3n) is 2.25. The molecular weight excluding hydrogens is 206 g/mol. The number of aryl methyl sites for hydroxylation is 1. The number of rotatable bonds is 4. The highest BCUT2D eigenvalue weighted by Gasteiger charge is 2.26. The lowest BCUT2D eigenvalue weighted by Gasteiger charge is -2.21. The Balaban J connectivity index is 2.74. The first kappa shape index (κ1) is 12.2. The van der Waals surface area contributed by atoms with Crippen molar-refractivity contribution in [1.29, 1.82) is 5.26 Å². The molecule has 1 N–H and O–H groups in total. The fraction of sp³-hybridized carbons (Fsp3) is 0.545. The van der Waals surface area contributed by atoms with E-state index in [-0.39, 0.29) is 11.6 Å². The van der Waals surface area contributed by atoms with Crippen LogP contribution in [-0.4, -0.2) is 16.6 Å². The van der Waals surface area contributed by atoms with E-state index in [9.17, 15) is 4.79 Å². The maximum Gasteiger partial charge on any atom is 0.274 e. The monoisotopic (exact) mass is 221 g/mol. The van der Waals surface area contributed by atoms with Crippen LogP contribution >= 0.6 is 0 Å². The van der Waals surface area contributed by atoms with Crippen LogP contribution in [0.3, 0.4) is 0 Å². The van der Waals surface area contributed by atoms with Crippen LogP contribution in [0.25, 0.3) is 0 Å². The highest BCUT2D eigenvalue weighted by molar-refractivity contribution is 5.92. The molecule has 0 saturated carbocycles. The summed E-state index contributed by atoms with van der Waals surface area (Å²) < 4.78 is 4.80. The summed E-state index contributed by atoms with van der Waals surface area (Å²) in [7, 11) is 0. The summed E-state index contributed by atoms with van der Waals surface area (Å²) >= 11 is 0. The largest absolute Gasteiger partial charge is 0.361 e. The number of amides is 1. The number of nitriles is 1. The van der Waals surface area contributed by atoms with E-state index >= 15 is 0 Å². The Morgan fingerprint density at radius 3 is 2.88 bits per heavy atom. The molecular formula is C11H15N3O2. The van der Waals surface area contributed by atoms with Gasteiger partial charge in [0.25, 0.3) is 5.91 Å². The van der Waals surface area contributed by atoms with Gasteiger partial charge < -0.3 is 9.84 Å². The van der Waals surface area contributed by atoms with Crippen LogP contribution in [0.2, 0.25) is 0 Å². The normalized spacial score (nSPS) is 13.9. The van der Waals surface area contributed by atoms with E-state index in [1.54, 1.807) is 19.9 Å². The first-order chi connectivity index (χ1) is 7.50. The lowest BCUT2D eigenvalue weighted by molar-refractivity contribution is 0.0912. The molecule has 0 fully saturated rings. The van der Waals surface area contributed by atoms with Crippen LogP contribution in [0.15, 0.2) is 10.6 Å². The number of aromatic nitrogens is 1. The molecule has 0 spiro atoms. The summed E-state index contributed by atoms with van der Waals surface area (Å²) in [4.78, 5) is 11.7. The fourth-order valence-corrected chi connectivity index (χ4v) is 1.43. The fourth-order valence-electron chi connectivity index (χ4n) is 1.43. The third-order valence-corrected chi connectivity index (χ3v) is 2.25. The van der Waals surface area contributed by atoms with Crippen LogP contribution in [0, 0.1) is 18.3 Å². The molecule has 1 amide bonds. The Morgan fingerprint density at radius 1 is 1.75 bits per heavy atom. The minimum Gasteiger partial charge on any atom is -0.361 e. The molecule has 0 aromatic carbocycles. The molecule has 1 rings (SSSR count). The maximum absolute atomic E-state index is 11.7. The number of carbonyl (C=O) groups is 1. The molecule has 1 aromatic heterocycles. The van der Waals surface area contributed by atoms with Gasteiger partial charge in [-0.15, -0.1) is 0 Å². The molecule has 5 heteroatoms. The predicted octanol–water partition coefficient (Wildman–Crippen LogP) is 1.80. The van der Waals surface area contributed by atoms with E-state index in [2.05, 4.69) is 16.5 Å². The molecule has 0 aliphatic heterocycles. The Morgan fingerprint density at radius 2 is 2.44 bits per heavy atom. The van der Waals surface area contributed by atoms with Gasteiger partial charge in [0.1, 0.15) is 11.3 Å². The standard InChI is InChI=1S/C11H15N3O2/c1-4-5-11(3,7-12)13-10(15)9-6-8(2)16-14-9/h6H,4-5H2,1-3H3,(H,13,15). The molecule has 5 nitrogen and oxygen atoms in total. The molecule has 0 bridgehead atoms. The van der Waals surface area contributed by atoms with E-state index in [1.165, 1.54) is 0 Å². The third kappa shape index (κ3) is 2.83. The molecule has 1 unspecified atom stereocenters. The number of nitrogens with zero attached hydrogens (tertiary/aromatic N) is 2. The molecule has 0 saturated heterocycles. The number of carbonyl (C=O) groups excluding carboxylic acids is 1.